The van der Waals surface area contributed by atoms with Gasteiger partial charge in [0.1, 0.15) is 6.04 Å². The molecule has 1 aliphatic heterocycles. The van der Waals surface area contributed by atoms with Gasteiger partial charge < -0.3 is 19.1 Å². The van der Waals surface area contributed by atoms with E-state index >= 15 is 0 Å². The zero-order valence-corrected chi connectivity index (χ0v) is 15.0. The molecular weight excluding hydrogens is 344 g/mol. The molecule has 140 valence electrons. The Bertz CT molecular complexity index is 855. The molecule has 0 bridgehead atoms. The van der Waals surface area contributed by atoms with Crippen LogP contribution in [0.1, 0.15) is 47.3 Å². The summed E-state index contributed by atoms with van der Waals surface area (Å²) in [7, 11) is 0. The molecule has 1 N–H and O–H groups in total. The number of nitrogens with zero attached hydrogens (tertiary/aromatic N) is 3. The molecule has 3 aromatic rings. The summed E-state index contributed by atoms with van der Waals surface area (Å²) in [6.45, 7) is 1.84. The molecule has 0 aliphatic carbocycles. The van der Waals surface area contributed by atoms with E-state index in [-0.39, 0.29) is 11.7 Å². The topological polar surface area (TPSA) is 84.4 Å². The smallest absolute Gasteiger partial charge is 0.318 e. The Kier molecular flexibility index (Phi) is 5.18. The summed E-state index contributed by atoms with van der Waals surface area (Å²) >= 11 is 0. The van der Waals surface area contributed by atoms with Gasteiger partial charge in [-0.3, -0.25) is 4.79 Å². The Morgan fingerprint density at radius 2 is 1.89 bits per heavy atom. The van der Waals surface area contributed by atoms with Crippen molar-refractivity contribution in [1.82, 2.24) is 15.5 Å². The summed E-state index contributed by atoms with van der Waals surface area (Å²) in [5, 5.41) is 11.4. The Labute approximate surface area is 157 Å². The summed E-state index contributed by atoms with van der Waals surface area (Å²) in [5.74, 6) is 0.349. The first-order valence-corrected chi connectivity index (χ1v) is 9.26. The molecule has 4 rings (SSSR count). The molecule has 1 fully saturated rings. The number of furan rings is 1. The third-order valence-corrected chi connectivity index (χ3v) is 4.69. The molecule has 0 unspecified atom stereocenters. The molecule has 1 saturated heterocycles. The largest absolute Gasteiger partial charge is 0.459 e. The zero-order chi connectivity index (χ0) is 18.5. The van der Waals surface area contributed by atoms with E-state index in [4.69, 9.17) is 8.83 Å². The number of aromatic nitrogens is 2. The van der Waals surface area contributed by atoms with Crippen LogP contribution in [0.3, 0.4) is 0 Å². The van der Waals surface area contributed by atoms with Crippen LogP contribution in [0.15, 0.2) is 57.6 Å². The molecule has 1 amide bonds. The third-order valence-electron chi connectivity index (χ3n) is 4.69. The second-order valence-electron chi connectivity index (χ2n) is 6.66. The van der Waals surface area contributed by atoms with Crippen LogP contribution in [0.5, 0.6) is 0 Å². The highest BCUT2D eigenvalue weighted by Gasteiger charge is 2.25. The normalized spacial score (nSPS) is 15.5. The van der Waals surface area contributed by atoms with Crippen molar-refractivity contribution in [1.29, 1.82) is 0 Å². The van der Waals surface area contributed by atoms with Crippen molar-refractivity contribution in [2.24, 2.45) is 0 Å². The van der Waals surface area contributed by atoms with E-state index in [1.54, 1.807) is 12.1 Å². The predicted octanol–water partition coefficient (Wildman–Crippen LogP) is 3.37. The lowest BCUT2D eigenvalue weighted by Gasteiger charge is -2.24. The summed E-state index contributed by atoms with van der Waals surface area (Å²) in [6, 6.07) is 13.3. The van der Waals surface area contributed by atoms with Crippen LogP contribution < -0.4 is 10.2 Å². The van der Waals surface area contributed by atoms with Crippen molar-refractivity contribution >= 4 is 11.9 Å². The first-order valence-electron chi connectivity index (χ1n) is 9.26. The van der Waals surface area contributed by atoms with E-state index in [0.717, 1.165) is 31.5 Å². The molecule has 3 heterocycles. The van der Waals surface area contributed by atoms with Gasteiger partial charge in [-0.25, -0.2) is 0 Å². The van der Waals surface area contributed by atoms with Crippen molar-refractivity contribution in [3.63, 3.8) is 0 Å². The molecule has 2 aromatic heterocycles. The maximum Gasteiger partial charge on any atom is 0.318 e. The van der Waals surface area contributed by atoms with Crippen LogP contribution in [0.2, 0.25) is 0 Å². The number of amides is 1. The molecule has 7 heteroatoms. The number of hydrogen-bond donors (Lipinski definition) is 1. The summed E-state index contributed by atoms with van der Waals surface area (Å²) in [5.41, 5.74) is 1.07. The monoisotopic (exact) mass is 366 g/mol. The maximum atomic E-state index is 12.5. The Balaban J connectivity index is 1.55. The lowest BCUT2D eigenvalue weighted by Crippen LogP contribution is -2.30. The highest BCUT2D eigenvalue weighted by molar-refractivity contribution is 5.91. The Hall–Kier alpha value is -3.09. The van der Waals surface area contributed by atoms with Gasteiger partial charge in [0.05, 0.1) is 6.26 Å². The second-order valence-corrected chi connectivity index (χ2v) is 6.66. The molecular formula is C20H22N4O3. The lowest BCUT2D eigenvalue weighted by molar-refractivity contribution is 0.0902. The second kappa shape index (κ2) is 8.07. The van der Waals surface area contributed by atoms with Gasteiger partial charge in [-0.2, -0.15) is 0 Å². The van der Waals surface area contributed by atoms with Crippen LogP contribution in [-0.4, -0.2) is 29.2 Å². The molecule has 0 saturated carbocycles. The number of piperidine rings is 1. The molecule has 1 atom stereocenters. The van der Waals surface area contributed by atoms with Gasteiger partial charge in [0, 0.05) is 19.5 Å². The highest BCUT2D eigenvalue weighted by Crippen LogP contribution is 2.23. The molecule has 1 aromatic carbocycles. The maximum absolute atomic E-state index is 12.5. The fourth-order valence-corrected chi connectivity index (χ4v) is 3.27. The number of anilines is 1. The standard InChI is InChI=1S/C20H22N4O3/c25-18(17-10-7-13-26-17)21-16(14-15-8-3-1-4-9-15)19-22-23-20(27-19)24-11-5-2-6-12-24/h1,3-4,7-10,13,16H,2,5-6,11-12,14H2,(H,21,25)/t16-/m0/s1. The van der Waals surface area contributed by atoms with Crippen LogP contribution in [-0.2, 0) is 6.42 Å². The van der Waals surface area contributed by atoms with Crippen molar-refractivity contribution in [3.8, 4) is 0 Å². The number of benzene rings is 1. The molecule has 1 aliphatic rings. The minimum atomic E-state index is -0.434. The highest BCUT2D eigenvalue weighted by atomic mass is 16.4. The number of nitrogens with one attached hydrogen (secondary N) is 1. The SMILES string of the molecule is O=C(N[C@@H](Cc1ccccc1)c1nnc(N2CCCCC2)o1)c1ccco1. The van der Waals surface area contributed by atoms with Gasteiger partial charge in [-0.1, -0.05) is 35.4 Å². The van der Waals surface area contributed by atoms with E-state index in [9.17, 15) is 4.79 Å². The van der Waals surface area contributed by atoms with Crippen LogP contribution in [0.25, 0.3) is 0 Å². The summed E-state index contributed by atoms with van der Waals surface area (Å²) in [4.78, 5) is 14.6. The molecule has 0 spiro atoms. The molecule has 27 heavy (non-hydrogen) atoms. The van der Waals surface area contributed by atoms with Gasteiger partial charge in [-0.05, 0) is 37.0 Å². The van der Waals surface area contributed by atoms with Gasteiger partial charge in [0.2, 0.25) is 5.89 Å². The first kappa shape index (κ1) is 17.3. The van der Waals surface area contributed by atoms with E-state index in [0.29, 0.717) is 18.3 Å². The van der Waals surface area contributed by atoms with Crippen molar-refractivity contribution in [3.05, 3.63) is 65.9 Å². The van der Waals surface area contributed by atoms with Crippen molar-refractivity contribution in [2.75, 3.05) is 18.0 Å². The van der Waals surface area contributed by atoms with Gasteiger partial charge in [0.15, 0.2) is 5.76 Å². The average molecular weight is 366 g/mol. The quantitative estimate of drug-likeness (QED) is 0.720. The first-order chi connectivity index (χ1) is 13.3. The van der Waals surface area contributed by atoms with Crippen LogP contribution in [0.4, 0.5) is 6.01 Å². The van der Waals surface area contributed by atoms with E-state index in [2.05, 4.69) is 20.4 Å². The fraction of sp³-hybridized carbons (Fsp3) is 0.350. The Morgan fingerprint density at radius 1 is 1.07 bits per heavy atom. The van der Waals surface area contributed by atoms with Crippen molar-refractivity contribution < 1.29 is 13.6 Å². The summed E-state index contributed by atoms with van der Waals surface area (Å²) in [6.07, 6.45) is 5.51. The molecule has 0 radical (unpaired) electrons. The number of carbonyl (C=O) groups is 1. The van der Waals surface area contributed by atoms with Gasteiger partial charge >= 0.3 is 6.01 Å². The van der Waals surface area contributed by atoms with Crippen LogP contribution >= 0.6 is 0 Å². The van der Waals surface area contributed by atoms with Gasteiger partial charge in [0.25, 0.3) is 5.91 Å². The fourth-order valence-electron chi connectivity index (χ4n) is 3.27. The predicted molar refractivity (Wildman–Crippen MR) is 99.4 cm³/mol. The summed E-state index contributed by atoms with van der Waals surface area (Å²) < 4.78 is 11.1. The van der Waals surface area contributed by atoms with E-state index < -0.39 is 6.04 Å². The third kappa shape index (κ3) is 4.19. The van der Waals surface area contributed by atoms with Crippen molar-refractivity contribution in [2.45, 2.75) is 31.7 Å². The number of rotatable bonds is 6. The molecule has 7 nitrogen and oxygen atoms in total. The van der Waals surface area contributed by atoms with E-state index in [1.165, 1.54) is 12.7 Å². The van der Waals surface area contributed by atoms with Gasteiger partial charge in [-0.15, -0.1) is 5.10 Å². The average Bonchev–Trinajstić information content (AvgIpc) is 3.41. The van der Waals surface area contributed by atoms with Crippen LogP contribution in [0, 0.1) is 0 Å². The minimum absolute atomic E-state index is 0.254. The number of hydrogen-bond acceptors (Lipinski definition) is 6. The zero-order valence-electron chi connectivity index (χ0n) is 15.0. The number of carbonyl (C=O) groups excluding carboxylic acids is 1. The lowest BCUT2D eigenvalue weighted by atomic mass is 10.1. The Morgan fingerprint density at radius 3 is 2.63 bits per heavy atom. The van der Waals surface area contributed by atoms with E-state index in [1.807, 2.05) is 30.3 Å². The minimum Gasteiger partial charge on any atom is -0.459 e.